The molecule has 0 fully saturated rings. The minimum absolute atomic E-state index is 0.117. The molecule has 0 saturated carbocycles. The maximum absolute atomic E-state index is 12.1. The summed E-state index contributed by atoms with van der Waals surface area (Å²) in [5, 5.41) is 15.3. The molecule has 1 unspecified atom stereocenters. The van der Waals surface area contributed by atoms with Crippen LogP contribution < -0.4 is 15.4 Å². The molecule has 25 heavy (non-hydrogen) atoms. The predicted molar refractivity (Wildman–Crippen MR) is 101 cm³/mol. The number of urea groups is 1. The molecule has 0 aliphatic carbocycles. The zero-order chi connectivity index (χ0) is 18.1. The van der Waals surface area contributed by atoms with Crippen molar-refractivity contribution < 1.29 is 14.6 Å². The Morgan fingerprint density at radius 1 is 1.20 bits per heavy atom. The van der Waals surface area contributed by atoms with E-state index in [4.69, 9.17) is 16.3 Å². The molecule has 0 radical (unpaired) electrons. The predicted octanol–water partition coefficient (Wildman–Crippen LogP) is 4.03. The van der Waals surface area contributed by atoms with Crippen LogP contribution in [0.3, 0.4) is 0 Å². The molecule has 2 aromatic carbocycles. The summed E-state index contributed by atoms with van der Waals surface area (Å²) < 4.78 is 5.20. The largest absolute Gasteiger partial charge is 0.495 e. The molecule has 0 heterocycles. The van der Waals surface area contributed by atoms with Crippen molar-refractivity contribution in [2.24, 2.45) is 0 Å². The van der Waals surface area contributed by atoms with Gasteiger partial charge in [-0.05, 0) is 42.5 Å². The maximum atomic E-state index is 12.1. The van der Waals surface area contributed by atoms with Crippen LogP contribution in [0.25, 0.3) is 0 Å². The van der Waals surface area contributed by atoms with Crippen molar-refractivity contribution in [3.63, 3.8) is 0 Å². The molecule has 0 saturated heterocycles. The minimum Gasteiger partial charge on any atom is -0.495 e. The molecule has 2 rings (SSSR count). The number of carbonyl (C=O) groups excluding carboxylic acids is 1. The molecule has 0 aromatic heterocycles. The second-order valence-corrected chi connectivity index (χ2v) is 6.07. The zero-order valence-electron chi connectivity index (χ0n) is 14.2. The Labute approximate surface area is 153 Å². The van der Waals surface area contributed by atoms with E-state index in [-0.39, 0.29) is 18.6 Å². The van der Waals surface area contributed by atoms with Crippen LogP contribution in [-0.2, 0) is 0 Å². The zero-order valence-corrected chi connectivity index (χ0v) is 14.9. The summed E-state index contributed by atoms with van der Waals surface area (Å²) in [6.07, 6.45) is 1.40. The van der Waals surface area contributed by atoms with Gasteiger partial charge >= 0.3 is 6.03 Å². The lowest BCUT2D eigenvalue weighted by Gasteiger charge is -2.17. The number of aliphatic hydroxyl groups is 1. The monoisotopic (exact) mass is 362 g/mol. The molecule has 0 bridgehead atoms. The van der Waals surface area contributed by atoms with E-state index in [2.05, 4.69) is 10.6 Å². The number of benzene rings is 2. The molecule has 2 amide bonds. The summed E-state index contributed by atoms with van der Waals surface area (Å²) in [5.41, 5.74) is 1.68. The van der Waals surface area contributed by atoms with E-state index in [0.717, 1.165) is 12.0 Å². The first-order valence-electron chi connectivity index (χ1n) is 8.18. The van der Waals surface area contributed by atoms with Gasteiger partial charge < -0.3 is 20.5 Å². The molecule has 6 heteroatoms. The number of aliphatic hydroxyl groups excluding tert-OH is 1. The number of nitrogens with one attached hydrogen (secondary N) is 2. The van der Waals surface area contributed by atoms with Gasteiger partial charge in [0, 0.05) is 18.2 Å². The Bertz CT molecular complexity index is 680. The van der Waals surface area contributed by atoms with Gasteiger partial charge in [0.15, 0.2) is 0 Å². The third kappa shape index (κ3) is 5.96. The molecule has 2 aromatic rings. The molecule has 0 spiro atoms. The first-order valence-corrected chi connectivity index (χ1v) is 8.56. The standard InChI is InChI=1S/C19H23ClN2O3/c1-25-18-8-7-16(20)13-17(18)22-19(24)21-11-9-15(10-12-23)14-5-3-2-4-6-14/h2-8,13,15,23H,9-12H2,1H3,(H2,21,22,24). The van der Waals surface area contributed by atoms with Gasteiger partial charge in [0.05, 0.1) is 12.8 Å². The highest BCUT2D eigenvalue weighted by Gasteiger charge is 2.12. The molecule has 5 nitrogen and oxygen atoms in total. The molecule has 3 N–H and O–H groups in total. The lowest BCUT2D eigenvalue weighted by molar-refractivity contribution is 0.250. The Morgan fingerprint density at radius 3 is 2.64 bits per heavy atom. The number of anilines is 1. The highest BCUT2D eigenvalue weighted by atomic mass is 35.5. The van der Waals surface area contributed by atoms with Crippen molar-refractivity contribution in [1.29, 1.82) is 0 Å². The number of hydrogen-bond acceptors (Lipinski definition) is 3. The average molecular weight is 363 g/mol. The van der Waals surface area contributed by atoms with Crippen molar-refractivity contribution in [2.75, 3.05) is 25.6 Å². The van der Waals surface area contributed by atoms with Crippen LogP contribution >= 0.6 is 11.6 Å². The van der Waals surface area contributed by atoms with E-state index in [1.165, 1.54) is 7.11 Å². The maximum Gasteiger partial charge on any atom is 0.319 e. The van der Waals surface area contributed by atoms with Crippen molar-refractivity contribution in [1.82, 2.24) is 5.32 Å². The van der Waals surface area contributed by atoms with Gasteiger partial charge in [0.25, 0.3) is 0 Å². The summed E-state index contributed by atoms with van der Waals surface area (Å²) >= 11 is 5.95. The Morgan fingerprint density at radius 2 is 1.96 bits per heavy atom. The molecule has 134 valence electrons. The van der Waals surface area contributed by atoms with E-state index in [1.807, 2.05) is 30.3 Å². The summed E-state index contributed by atoms with van der Waals surface area (Å²) in [6.45, 7) is 0.611. The fraction of sp³-hybridized carbons (Fsp3) is 0.316. The van der Waals surface area contributed by atoms with Gasteiger partial charge in [-0.1, -0.05) is 41.9 Å². The summed E-state index contributed by atoms with van der Waals surface area (Å²) in [6, 6.07) is 14.7. The minimum atomic E-state index is -0.323. The van der Waals surface area contributed by atoms with Crippen molar-refractivity contribution >= 4 is 23.3 Å². The summed E-state index contributed by atoms with van der Waals surface area (Å²) in [4.78, 5) is 12.1. The second-order valence-electron chi connectivity index (χ2n) is 5.63. The van der Waals surface area contributed by atoms with E-state index < -0.39 is 0 Å². The van der Waals surface area contributed by atoms with E-state index in [1.54, 1.807) is 18.2 Å². The SMILES string of the molecule is COc1ccc(Cl)cc1NC(=O)NCCC(CCO)c1ccccc1. The fourth-order valence-corrected chi connectivity index (χ4v) is 2.84. The van der Waals surface area contributed by atoms with Crippen molar-refractivity contribution in [3.8, 4) is 5.75 Å². The molecular weight excluding hydrogens is 340 g/mol. The highest BCUT2D eigenvalue weighted by molar-refractivity contribution is 6.31. The van der Waals surface area contributed by atoms with Crippen LogP contribution in [-0.4, -0.2) is 31.4 Å². The summed E-state index contributed by atoms with van der Waals surface area (Å²) in [7, 11) is 1.53. The lowest BCUT2D eigenvalue weighted by atomic mass is 9.93. The van der Waals surface area contributed by atoms with Gasteiger partial charge in [-0.3, -0.25) is 0 Å². The van der Waals surface area contributed by atoms with Gasteiger partial charge in [-0.25, -0.2) is 4.79 Å². The normalized spacial score (nSPS) is 11.6. The van der Waals surface area contributed by atoms with Crippen LogP contribution in [0.2, 0.25) is 5.02 Å². The number of carbonyl (C=O) groups is 1. The number of methoxy groups -OCH3 is 1. The van der Waals surface area contributed by atoms with E-state index >= 15 is 0 Å². The smallest absolute Gasteiger partial charge is 0.319 e. The Hall–Kier alpha value is -2.24. The Kier molecular flexibility index (Phi) is 7.57. The van der Waals surface area contributed by atoms with E-state index in [0.29, 0.717) is 29.4 Å². The fourth-order valence-electron chi connectivity index (χ4n) is 2.66. The third-order valence-corrected chi connectivity index (χ3v) is 4.17. The van der Waals surface area contributed by atoms with Gasteiger partial charge in [0.2, 0.25) is 0 Å². The topological polar surface area (TPSA) is 70.6 Å². The number of rotatable bonds is 8. The van der Waals surface area contributed by atoms with Crippen molar-refractivity contribution in [3.05, 3.63) is 59.1 Å². The van der Waals surface area contributed by atoms with Crippen LogP contribution in [0.1, 0.15) is 24.3 Å². The van der Waals surface area contributed by atoms with Gasteiger partial charge in [-0.15, -0.1) is 0 Å². The van der Waals surface area contributed by atoms with Crippen LogP contribution in [0.4, 0.5) is 10.5 Å². The summed E-state index contributed by atoms with van der Waals surface area (Å²) in [5.74, 6) is 0.745. The average Bonchev–Trinajstić information content (AvgIpc) is 2.62. The number of hydrogen-bond donors (Lipinski definition) is 3. The quantitative estimate of drug-likeness (QED) is 0.664. The molecule has 1 atom stereocenters. The van der Waals surface area contributed by atoms with Gasteiger partial charge in [0.1, 0.15) is 5.75 Å². The van der Waals surface area contributed by atoms with Gasteiger partial charge in [-0.2, -0.15) is 0 Å². The lowest BCUT2D eigenvalue weighted by Crippen LogP contribution is -2.30. The molecule has 0 aliphatic heterocycles. The number of ether oxygens (including phenoxy) is 1. The van der Waals surface area contributed by atoms with Crippen LogP contribution in [0.15, 0.2) is 48.5 Å². The van der Waals surface area contributed by atoms with Crippen LogP contribution in [0.5, 0.6) is 5.75 Å². The molecular formula is C19H23ClN2O3. The molecule has 0 aliphatic rings. The number of amides is 2. The third-order valence-electron chi connectivity index (χ3n) is 3.94. The van der Waals surface area contributed by atoms with E-state index in [9.17, 15) is 9.90 Å². The second kappa shape index (κ2) is 9.91. The highest BCUT2D eigenvalue weighted by Crippen LogP contribution is 2.27. The number of halogens is 1. The Balaban J connectivity index is 1.88. The van der Waals surface area contributed by atoms with Crippen molar-refractivity contribution in [2.45, 2.75) is 18.8 Å². The van der Waals surface area contributed by atoms with Crippen LogP contribution in [0, 0.1) is 0 Å². The first kappa shape index (κ1) is 19.1. The first-order chi connectivity index (χ1) is 12.1.